The average Bonchev–Trinajstić information content (AvgIpc) is 2.26. The second-order valence-electron chi connectivity index (χ2n) is 3.48. The van der Waals surface area contributed by atoms with Gasteiger partial charge in [-0.15, -0.1) is 0 Å². The highest BCUT2D eigenvalue weighted by Gasteiger charge is 2.11. The molecule has 0 atom stereocenters. The molecule has 1 aromatic carbocycles. The average molecular weight is 285 g/mol. The van der Waals surface area contributed by atoms with Crippen LogP contribution in [0.5, 0.6) is 0 Å². The number of carbonyl (C=O) groups excluding carboxylic acids is 1. The topological polar surface area (TPSA) is 17.1 Å². The number of hydrogen-bond donors (Lipinski definition) is 0. The van der Waals surface area contributed by atoms with Crippen molar-refractivity contribution in [2.45, 2.75) is 26.7 Å². The van der Waals surface area contributed by atoms with Crippen LogP contribution in [0.2, 0.25) is 0 Å². The van der Waals surface area contributed by atoms with Gasteiger partial charge in [0.25, 0.3) is 0 Å². The molecule has 0 aliphatic heterocycles. The fraction of sp³-hybridized carbons (Fsp3) is 0.308. The molecule has 16 heavy (non-hydrogen) atoms. The van der Waals surface area contributed by atoms with Crippen LogP contribution in [0.25, 0.3) is 0 Å². The summed E-state index contributed by atoms with van der Waals surface area (Å²) in [7, 11) is 0. The number of Topliss-reactive ketones (excluding diaryl/α,β-unsaturated/α-hetero) is 1. The van der Waals surface area contributed by atoms with Crippen molar-refractivity contribution in [3.63, 3.8) is 0 Å². The van der Waals surface area contributed by atoms with Crippen molar-refractivity contribution in [3.8, 4) is 0 Å². The quantitative estimate of drug-likeness (QED) is 0.762. The summed E-state index contributed by atoms with van der Waals surface area (Å²) in [5.41, 5.74) is 1.48. The highest BCUT2D eigenvalue weighted by molar-refractivity contribution is 9.10. The van der Waals surface area contributed by atoms with Gasteiger partial charge in [-0.25, -0.2) is 4.39 Å². The number of rotatable bonds is 4. The number of benzene rings is 1. The Morgan fingerprint density at radius 1 is 1.50 bits per heavy atom. The minimum atomic E-state index is -0.330. The van der Waals surface area contributed by atoms with E-state index in [0.29, 0.717) is 16.5 Å². The van der Waals surface area contributed by atoms with Gasteiger partial charge in [0.05, 0.1) is 4.47 Å². The van der Waals surface area contributed by atoms with E-state index in [9.17, 15) is 9.18 Å². The van der Waals surface area contributed by atoms with E-state index < -0.39 is 0 Å². The Hall–Kier alpha value is -0.960. The smallest absolute Gasteiger partial charge is 0.162 e. The first-order valence-electron chi connectivity index (χ1n) is 5.21. The van der Waals surface area contributed by atoms with Gasteiger partial charge in [-0.1, -0.05) is 25.1 Å². The summed E-state index contributed by atoms with van der Waals surface area (Å²) in [5, 5.41) is 0. The molecule has 0 saturated carbocycles. The summed E-state index contributed by atoms with van der Waals surface area (Å²) in [6, 6.07) is 4.74. The second-order valence-corrected chi connectivity index (χ2v) is 4.27. The Balaban J connectivity index is 2.89. The number of carbonyl (C=O) groups is 1. The number of allylic oxidation sites excluding steroid dienone is 2. The van der Waals surface area contributed by atoms with Crippen LogP contribution in [0.15, 0.2) is 34.3 Å². The van der Waals surface area contributed by atoms with E-state index in [-0.39, 0.29) is 18.0 Å². The fourth-order valence-electron chi connectivity index (χ4n) is 1.53. The van der Waals surface area contributed by atoms with Gasteiger partial charge in [-0.3, -0.25) is 4.79 Å². The van der Waals surface area contributed by atoms with Gasteiger partial charge in [0.2, 0.25) is 0 Å². The molecule has 0 amide bonds. The molecule has 3 heteroatoms. The summed E-state index contributed by atoms with van der Waals surface area (Å²) in [6.45, 7) is 3.78. The van der Waals surface area contributed by atoms with Gasteiger partial charge in [-0.2, -0.15) is 0 Å². The largest absolute Gasteiger partial charge is 0.294 e. The molecule has 1 nitrogen and oxygen atoms in total. The van der Waals surface area contributed by atoms with Crippen molar-refractivity contribution >= 4 is 21.7 Å². The highest BCUT2D eigenvalue weighted by atomic mass is 79.9. The van der Waals surface area contributed by atoms with Crippen molar-refractivity contribution in [2.24, 2.45) is 0 Å². The molecule has 86 valence electrons. The zero-order valence-electron chi connectivity index (χ0n) is 9.39. The maximum atomic E-state index is 13.2. The van der Waals surface area contributed by atoms with Crippen LogP contribution in [-0.2, 0) is 11.2 Å². The molecule has 0 unspecified atom stereocenters. The van der Waals surface area contributed by atoms with Crippen molar-refractivity contribution in [1.29, 1.82) is 0 Å². The fourth-order valence-corrected chi connectivity index (χ4v) is 1.94. The van der Waals surface area contributed by atoms with Crippen molar-refractivity contribution in [2.75, 3.05) is 0 Å². The Morgan fingerprint density at radius 3 is 2.75 bits per heavy atom. The van der Waals surface area contributed by atoms with E-state index in [0.717, 1.165) is 5.57 Å². The number of ketones is 1. The van der Waals surface area contributed by atoms with Crippen molar-refractivity contribution in [3.05, 3.63) is 45.7 Å². The first kappa shape index (κ1) is 13.1. The Morgan fingerprint density at radius 2 is 2.19 bits per heavy atom. The molecular weight excluding hydrogens is 271 g/mol. The van der Waals surface area contributed by atoms with E-state index in [1.54, 1.807) is 12.1 Å². The minimum absolute atomic E-state index is 0.0521. The molecular formula is C13H14BrFO. The van der Waals surface area contributed by atoms with Gasteiger partial charge >= 0.3 is 0 Å². The summed E-state index contributed by atoms with van der Waals surface area (Å²) in [6.07, 6.45) is 2.77. The third-order valence-electron chi connectivity index (χ3n) is 2.47. The van der Waals surface area contributed by atoms with Crippen LogP contribution in [0.3, 0.4) is 0 Å². The van der Waals surface area contributed by atoms with Crippen LogP contribution in [-0.4, -0.2) is 5.78 Å². The molecule has 0 fully saturated rings. The second kappa shape index (κ2) is 5.94. The Labute approximate surface area is 103 Å². The summed E-state index contributed by atoms with van der Waals surface area (Å²) < 4.78 is 13.6. The van der Waals surface area contributed by atoms with E-state index >= 15 is 0 Å². The number of hydrogen-bond acceptors (Lipinski definition) is 1. The van der Waals surface area contributed by atoms with Crippen molar-refractivity contribution in [1.82, 2.24) is 0 Å². The van der Waals surface area contributed by atoms with E-state index in [1.165, 1.54) is 6.07 Å². The van der Waals surface area contributed by atoms with Crippen LogP contribution in [0.4, 0.5) is 4.39 Å². The number of halogens is 2. The van der Waals surface area contributed by atoms with Crippen molar-refractivity contribution < 1.29 is 9.18 Å². The summed E-state index contributed by atoms with van der Waals surface area (Å²) >= 11 is 3.15. The van der Waals surface area contributed by atoms with Gasteiger partial charge in [-0.05, 0) is 46.5 Å². The van der Waals surface area contributed by atoms with Crippen LogP contribution in [0, 0.1) is 5.82 Å². The SMILES string of the molecule is C/C=C(/CC)C(=O)Cc1cccc(F)c1Br. The van der Waals surface area contributed by atoms with Gasteiger partial charge in [0, 0.05) is 6.42 Å². The van der Waals surface area contributed by atoms with Gasteiger partial charge < -0.3 is 0 Å². The van der Waals surface area contributed by atoms with Gasteiger partial charge in [0.15, 0.2) is 5.78 Å². The van der Waals surface area contributed by atoms with E-state index in [1.807, 2.05) is 19.9 Å². The van der Waals surface area contributed by atoms with E-state index in [4.69, 9.17) is 0 Å². The molecule has 0 spiro atoms. The van der Waals surface area contributed by atoms with Gasteiger partial charge in [0.1, 0.15) is 5.82 Å². The molecule has 0 N–H and O–H groups in total. The molecule has 1 aromatic rings. The third-order valence-corrected chi connectivity index (χ3v) is 3.36. The highest BCUT2D eigenvalue weighted by Crippen LogP contribution is 2.22. The molecule has 0 bridgehead atoms. The molecule has 0 radical (unpaired) electrons. The molecule has 0 aromatic heterocycles. The third kappa shape index (κ3) is 3.01. The molecule has 1 rings (SSSR count). The summed E-state index contributed by atoms with van der Waals surface area (Å²) in [4.78, 5) is 11.8. The van der Waals surface area contributed by atoms with E-state index in [2.05, 4.69) is 15.9 Å². The maximum Gasteiger partial charge on any atom is 0.162 e. The first-order chi connectivity index (χ1) is 7.60. The predicted molar refractivity (Wildman–Crippen MR) is 66.9 cm³/mol. The lowest BCUT2D eigenvalue weighted by atomic mass is 10.0. The maximum absolute atomic E-state index is 13.2. The molecule has 0 aliphatic carbocycles. The summed E-state index contributed by atoms with van der Waals surface area (Å²) in [5.74, 6) is -0.278. The molecule has 0 heterocycles. The lowest BCUT2D eigenvalue weighted by molar-refractivity contribution is -0.115. The lowest BCUT2D eigenvalue weighted by Crippen LogP contribution is -2.06. The molecule has 0 saturated heterocycles. The Kier molecular flexibility index (Phi) is 4.87. The van der Waals surface area contributed by atoms with Crippen LogP contribution < -0.4 is 0 Å². The first-order valence-corrected chi connectivity index (χ1v) is 6.00. The Bertz CT molecular complexity index is 424. The predicted octanol–water partition coefficient (Wildman–Crippen LogP) is 4.06. The van der Waals surface area contributed by atoms with Crippen LogP contribution in [0.1, 0.15) is 25.8 Å². The lowest BCUT2D eigenvalue weighted by Gasteiger charge is -2.06. The standard InChI is InChI=1S/C13H14BrFO/c1-3-9(4-2)12(16)8-10-6-5-7-11(15)13(10)14/h3,5-7H,4,8H2,1-2H3/b9-3-. The zero-order valence-corrected chi connectivity index (χ0v) is 11.0. The van der Waals surface area contributed by atoms with Crippen LogP contribution >= 0.6 is 15.9 Å². The normalized spacial score (nSPS) is 11.6. The monoisotopic (exact) mass is 284 g/mol. The minimum Gasteiger partial charge on any atom is -0.294 e. The molecule has 0 aliphatic rings. The zero-order chi connectivity index (χ0) is 12.1.